The third kappa shape index (κ3) is 3.73. The lowest BCUT2D eigenvalue weighted by Gasteiger charge is -2.32. The second-order valence-electron chi connectivity index (χ2n) is 5.52. The maximum absolute atomic E-state index is 13.0. The topological polar surface area (TPSA) is 72.9 Å². The first-order chi connectivity index (χ1) is 10.9. The van der Waals surface area contributed by atoms with E-state index in [4.69, 9.17) is 9.47 Å². The van der Waals surface area contributed by atoms with E-state index in [-0.39, 0.29) is 16.6 Å². The number of carbonyl (C=O) groups excluding carboxylic acids is 1. The number of rotatable bonds is 5. The van der Waals surface area contributed by atoms with Gasteiger partial charge < -0.3 is 9.47 Å². The van der Waals surface area contributed by atoms with Gasteiger partial charge in [-0.05, 0) is 38.3 Å². The Morgan fingerprint density at radius 2 is 2.13 bits per heavy atom. The van der Waals surface area contributed by atoms with Crippen LogP contribution in [0.2, 0.25) is 0 Å². The van der Waals surface area contributed by atoms with Gasteiger partial charge in [-0.15, -0.1) is 0 Å². The largest absolute Gasteiger partial charge is 0.465 e. The Morgan fingerprint density at radius 1 is 1.39 bits per heavy atom. The molecule has 0 bridgehead atoms. The number of hydrogen-bond donors (Lipinski definition) is 0. The normalized spacial score (nSPS) is 19.5. The fraction of sp³-hybridized carbons (Fsp3) is 0.562. The lowest BCUT2D eigenvalue weighted by atomic mass is 10.1. The van der Waals surface area contributed by atoms with Crippen LogP contribution in [-0.2, 0) is 19.5 Å². The standard InChI is InChI=1S/C16H23NO5S/c1-4-22-13-8-6-10-17(11-13)23(19,20)14-9-5-7-12(2)15(14)16(18)21-3/h5,7,9,13H,4,6,8,10-11H2,1-3H3/t13-/m0/s1. The molecule has 1 fully saturated rings. The van der Waals surface area contributed by atoms with Crippen molar-refractivity contribution in [3.63, 3.8) is 0 Å². The van der Waals surface area contributed by atoms with Crippen LogP contribution in [0.25, 0.3) is 0 Å². The van der Waals surface area contributed by atoms with Gasteiger partial charge in [0.25, 0.3) is 0 Å². The highest BCUT2D eigenvalue weighted by atomic mass is 32.2. The monoisotopic (exact) mass is 341 g/mol. The van der Waals surface area contributed by atoms with Gasteiger partial charge >= 0.3 is 5.97 Å². The predicted octanol–water partition coefficient (Wildman–Crippen LogP) is 1.97. The lowest BCUT2D eigenvalue weighted by molar-refractivity contribution is 0.0265. The lowest BCUT2D eigenvalue weighted by Crippen LogP contribution is -2.43. The van der Waals surface area contributed by atoms with Crippen molar-refractivity contribution >= 4 is 16.0 Å². The van der Waals surface area contributed by atoms with Gasteiger partial charge in [-0.1, -0.05) is 12.1 Å². The molecule has 0 N–H and O–H groups in total. The van der Waals surface area contributed by atoms with Gasteiger partial charge in [-0.2, -0.15) is 4.31 Å². The summed E-state index contributed by atoms with van der Waals surface area (Å²) in [4.78, 5) is 12.0. The van der Waals surface area contributed by atoms with Gasteiger partial charge in [0.1, 0.15) is 0 Å². The molecule has 7 heteroatoms. The van der Waals surface area contributed by atoms with Gasteiger partial charge in [0, 0.05) is 19.7 Å². The zero-order chi connectivity index (χ0) is 17.0. The summed E-state index contributed by atoms with van der Waals surface area (Å²) in [6, 6.07) is 4.79. The van der Waals surface area contributed by atoms with E-state index in [0.717, 1.165) is 12.8 Å². The smallest absolute Gasteiger partial charge is 0.339 e. The first kappa shape index (κ1) is 17.9. The van der Waals surface area contributed by atoms with E-state index in [1.165, 1.54) is 17.5 Å². The van der Waals surface area contributed by atoms with E-state index in [2.05, 4.69) is 0 Å². The van der Waals surface area contributed by atoms with E-state index in [0.29, 0.717) is 25.3 Å². The SMILES string of the molecule is CCO[C@H]1CCCN(S(=O)(=O)c2cccc(C)c2C(=O)OC)C1. The maximum atomic E-state index is 13.0. The Bertz CT molecular complexity index is 669. The number of sulfonamides is 1. The molecule has 0 aliphatic carbocycles. The van der Waals surface area contributed by atoms with Crippen molar-refractivity contribution in [2.45, 2.75) is 37.7 Å². The van der Waals surface area contributed by atoms with Gasteiger partial charge in [0.05, 0.1) is 23.7 Å². The van der Waals surface area contributed by atoms with E-state index in [9.17, 15) is 13.2 Å². The van der Waals surface area contributed by atoms with Crippen LogP contribution in [0, 0.1) is 6.92 Å². The minimum atomic E-state index is -3.77. The number of ether oxygens (including phenoxy) is 2. The molecule has 0 saturated carbocycles. The molecule has 0 spiro atoms. The number of esters is 1. The molecule has 128 valence electrons. The molecule has 1 aromatic rings. The molecule has 0 aromatic heterocycles. The number of hydrogen-bond acceptors (Lipinski definition) is 5. The van der Waals surface area contributed by atoms with Crippen LogP contribution in [0.5, 0.6) is 0 Å². The van der Waals surface area contributed by atoms with Gasteiger partial charge in [0.2, 0.25) is 10.0 Å². The van der Waals surface area contributed by atoms with Crippen molar-refractivity contribution < 1.29 is 22.7 Å². The molecule has 2 rings (SSSR count). The van der Waals surface area contributed by atoms with E-state index in [1.807, 2.05) is 6.92 Å². The van der Waals surface area contributed by atoms with Crippen molar-refractivity contribution in [2.24, 2.45) is 0 Å². The molecule has 0 amide bonds. The molecule has 1 aliphatic heterocycles. The fourth-order valence-corrected chi connectivity index (χ4v) is 4.62. The Morgan fingerprint density at radius 3 is 2.78 bits per heavy atom. The number of carbonyl (C=O) groups is 1. The quantitative estimate of drug-likeness (QED) is 0.766. The van der Waals surface area contributed by atoms with Gasteiger partial charge in [0.15, 0.2) is 0 Å². The third-order valence-corrected chi connectivity index (χ3v) is 5.89. The van der Waals surface area contributed by atoms with Crippen LogP contribution in [0.15, 0.2) is 23.1 Å². The predicted molar refractivity (Wildman–Crippen MR) is 85.9 cm³/mol. The number of piperidine rings is 1. The molecule has 23 heavy (non-hydrogen) atoms. The van der Waals surface area contributed by atoms with Crippen LogP contribution in [-0.4, -0.2) is 51.6 Å². The number of aryl methyl sites for hydroxylation is 1. The van der Waals surface area contributed by atoms with Crippen molar-refractivity contribution in [3.05, 3.63) is 29.3 Å². The highest BCUT2D eigenvalue weighted by Gasteiger charge is 2.34. The highest BCUT2D eigenvalue weighted by molar-refractivity contribution is 7.89. The molecule has 0 radical (unpaired) electrons. The van der Waals surface area contributed by atoms with Crippen LogP contribution in [0.1, 0.15) is 35.7 Å². The molecule has 1 aromatic carbocycles. The molecular formula is C16H23NO5S. The van der Waals surface area contributed by atoms with Crippen molar-refractivity contribution in [1.29, 1.82) is 0 Å². The highest BCUT2D eigenvalue weighted by Crippen LogP contribution is 2.26. The zero-order valence-electron chi connectivity index (χ0n) is 13.7. The summed E-state index contributed by atoms with van der Waals surface area (Å²) in [7, 11) is -2.52. The van der Waals surface area contributed by atoms with Gasteiger partial charge in [-0.25, -0.2) is 13.2 Å². The fourth-order valence-electron chi connectivity index (χ4n) is 2.85. The first-order valence-electron chi connectivity index (χ1n) is 7.71. The number of methoxy groups -OCH3 is 1. The molecule has 1 saturated heterocycles. The second kappa shape index (κ2) is 7.42. The summed E-state index contributed by atoms with van der Waals surface area (Å²) in [5.41, 5.74) is 0.685. The van der Waals surface area contributed by atoms with E-state index < -0.39 is 16.0 Å². The third-order valence-electron chi connectivity index (χ3n) is 3.99. The van der Waals surface area contributed by atoms with E-state index >= 15 is 0 Å². The molecular weight excluding hydrogens is 318 g/mol. The summed E-state index contributed by atoms with van der Waals surface area (Å²) in [6.45, 7) is 4.88. The zero-order valence-corrected chi connectivity index (χ0v) is 14.6. The number of benzene rings is 1. The Labute approximate surface area is 137 Å². The molecule has 0 unspecified atom stereocenters. The summed E-state index contributed by atoms with van der Waals surface area (Å²) < 4.78 is 37.7. The van der Waals surface area contributed by atoms with Crippen molar-refractivity contribution in [3.8, 4) is 0 Å². The summed E-state index contributed by atoms with van der Waals surface area (Å²) in [5.74, 6) is -0.639. The van der Waals surface area contributed by atoms with Gasteiger partial charge in [-0.3, -0.25) is 0 Å². The van der Waals surface area contributed by atoms with Crippen LogP contribution < -0.4 is 0 Å². The molecule has 1 heterocycles. The Balaban J connectivity index is 2.40. The average molecular weight is 341 g/mol. The average Bonchev–Trinajstić information content (AvgIpc) is 2.54. The van der Waals surface area contributed by atoms with E-state index in [1.54, 1.807) is 19.1 Å². The molecule has 6 nitrogen and oxygen atoms in total. The Hall–Kier alpha value is -1.44. The van der Waals surface area contributed by atoms with Crippen LogP contribution in [0.4, 0.5) is 0 Å². The van der Waals surface area contributed by atoms with Crippen molar-refractivity contribution in [1.82, 2.24) is 4.31 Å². The van der Waals surface area contributed by atoms with Crippen LogP contribution in [0.3, 0.4) is 0 Å². The maximum Gasteiger partial charge on any atom is 0.339 e. The minimum Gasteiger partial charge on any atom is -0.465 e. The Kier molecular flexibility index (Phi) is 5.78. The van der Waals surface area contributed by atoms with Crippen molar-refractivity contribution in [2.75, 3.05) is 26.8 Å². The summed E-state index contributed by atoms with van der Waals surface area (Å²) in [6.07, 6.45) is 1.48. The minimum absolute atomic E-state index is 0.00139. The second-order valence-corrected chi connectivity index (χ2v) is 7.43. The molecule has 1 atom stereocenters. The number of nitrogens with zero attached hydrogens (tertiary/aromatic N) is 1. The first-order valence-corrected chi connectivity index (χ1v) is 9.15. The molecule has 1 aliphatic rings. The summed E-state index contributed by atoms with van der Waals surface area (Å²) in [5, 5.41) is 0. The summed E-state index contributed by atoms with van der Waals surface area (Å²) >= 11 is 0. The van der Waals surface area contributed by atoms with Crippen LogP contribution >= 0.6 is 0 Å².